The SMILES string of the molecule is O=C(NCCCc1ncn[nH]1)c1ccc[nH]c1=O. The van der Waals surface area contributed by atoms with Gasteiger partial charge in [-0.3, -0.25) is 14.7 Å². The van der Waals surface area contributed by atoms with E-state index in [2.05, 4.69) is 25.5 Å². The predicted octanol–water partition coefficient (Wildman–Crippen LogP) is -0.144. The topological polar surface area (TPSA) is 104 Å². The number of nitrogens with zero attached hydrogens (tertiary/aromatic N) is 2. The van der Waals surface area contributed by atoms with Crippen molar-refractivity contribution in [2.45, 2.75) is 12.8 Å². The van der Waals surface area contributed by atoms with Crippen LogP contribution in [0, 0.1) is 0 Å². The van der Waals surface area contributed by atoms with Crippen LogP contribution in [-0.4, -0.2) is 32.6 Å². The number of hydrogen-bond acceptors (Lipinski definition) is 4. The van der Waals surface area contributed by atoms with Crippen molar-refractivity contribution in [2.24, 2.45) is 0 Å². The van der Waals surface area contributed by atoms with Crippen molar-refractivity contribution in [1.82, 2.24) is 25.5 Å². The van der Waals surface area contributed by atoms with Gasteiger partial charge in [0.2, 0.25) is 0 Å². The van der Waals surface area contributed by atoms with Gasteiger partial charge in [0.25, 0.3) is 11.5 Å². The molecule has 18 heavy (non-hydrogen) atoms. The van der Waals surface area contributed by atoms with Gasteiger partial charge in [0.05, 0.1) is 0 Å². The lowest BCUT2D eigenvalue weighted by molar-refractivity contribution is 0.0951. The zero-order valence-corrected chi connectivity index (χ0v) is 9.64. The van der Waals surface area contributed by atoms with E-state index in [1.54, 1.807) is 6.07 Å². The molecule has 0 spiro atoms. The van der Waals surface area contributed by atoms with Gasteiger partial charge >= 0.3 is 0 Å². The third kappa shape index (κ3) is 3.03. The van der Waals surface area contributed by atoms with Crippen LogP contribution < -0.4 is 10.9 Å². The second kappa shape index (κ2) is 5.76. The van der Waals surface area contributed by atoms with Crippen LogP contribution in [-0.2, 0) is 6.42 Å². The molecule has 94 valence electrons. The molecule has 7 nitrogen and oxygen atoms in total. The second-order valence-corrected chi connectivity index (χ2v) is 3.70. The number of hydrogen-bond donors (Lipinski definition) is 3. The molecule has 2 aromatic rings. The summed E-state index contributed by atoms with van der Waals surface area (Å²) in [7, 11) is 0. The Bertz CT molecular complexity index is 561. The molecule has 3 N–H and O–H groups in total. The van der Waals surface area contributed by atoms with Gasteiger partial charge in [-0.05, 0) is 18.6 Å². The highest BCUT2D eigenvalue weighted by Crippen LogP contribution is 1.93. The fraction of sp³-hybridized carbons (Fsp3) is 0.273. The normalized spacial score (nSPS) is 10.2. The molecule has 0 unspecified atom stereocenters. The summed E-state index contributed by atoms with van der Waals surface area (Å²) in [5.41, 5.74) is -0.262. The number of aromatic nitrogens is 4. The van der Waals surface area contributed by atoms with E-state index < -0.39 is 0 Å². The zero-order chi connectivity index (χ0) is 12.8. The van der Waals surface area contributed by atoms with Crippen molar-refractivity contribution in [1.29, 1.82) is 0 Å². The average Bonchev–Trinajstić information content (AvgIpc) is 2.88. The lowest BCUT2D eigenvalue weighted by Crippen LogP contribution is -2.30. The molecule has 0 radical (unpaired) electrons. The van der Waals surface area contributed by atoms with E-state index in [9.17, 15) is 9.59 Å². The van der Waals surface area contributed by atoms with Crippen molar-refractivity contribution in [2.75, 3.05) is 6.54 Å². The monoisotopic (exact) mass is 247 g/mol. The first kappa shape index (κ1) is 12.0. The maximum atomic E-state index is 11.7. The molecule has 0 aliphatic carbocycles. The molecular weight excluding hydrogens is 234 g/mol. The second-order valence-electron chi connectivity index (χ2n) is 3.70. The van der Waals surface area contributed by atoms with Gasteiger partial charge < -0.3 is 10.3 Å². The van der Waals surface area contributed by atoms with Crippen LogP contribution in [0.5, 0.6) is 0 Å². The van der Waals surface area contributed by atoms with E-state index in [1.165, 1.54) is 18.6 Å². The average molecular weight is 247 g/mol. The standard InChI is InChI=1S/C11H13N5O2/c17-10-8(3-1-5-12-10)11(18)13-6-2-4-9-14-7-15-16-9/h1,3,5,7H,2,4,6H2,(H,12,17)(H,13,18)(H,14,15,16). The van der Waals surface area contributed by atoms with Gasteiger partial charge in [-0.15, -0.1) is 0 Å². The molecule has 0 saturated heterocycles. The number of amides is 1. The minimum Gasteiger partial charge on any atom is -0.352 e. The van der Waals surface area contributed by atoms with Crippen LogP contribution in [0.3, 0.4) is 0 Å². The molecule has 7 heteroatoms. The third-order valence-electron chi connectivity index (χ3n) is 2.40. The Hall–Kier alpha value is -2.44. The quantitative estimate of drug-likeness (QED) is 0.639. The number of carbonyl (C=O) groups is 1. The van der Waals surface area contributed by atoms with Crippen LogP contribution >= 0.6 is 0 Å². The van der Waals surface area contributed by atoms with Gasteiger partial charge in [-0.25, -0.2) is 4.98 Å². The number of carbonyl (C=O) groups excluding carboxylic acids is 1. The fourth-order valence-electron chi connectivity index (χ4n) is 1.50. The van der Waals surface area contributed by atoms with Crippen LogP contribution in [0.25, 0.3) is 0 Å². The van der Waals surface area contributed by atoms with Crippen LogP contribution in [0.2, 0.25) is 0 Å². The van der Waals surface area contributed by atoms with Crippen molar-refractivity contribution in [3.8, 4) is 0 Å². The molecule has 0 aliphatic heterocycles. The van der Waals surface area contributed by atoms with Gasteiger partial charge in [0.1, 0.15) is 17.7 Å². The van der Waals surface area contributed by atoms with Crippen LogP contribution in [0.1, 0.15) is 22.6 Å². The zero-order valence-electron chi connectivity index (χ0n) is 9.64. The molecule has 2 aromatic heterocycles. The summed E-state index contributed by atoms with van der Waals surface area (Å²) in [6, 6.07) is 3.11. The summed E-state index contributed by atoms with van der Waals surface area (Å²) in [5, 5.41) is 9.14. The first-order valence-electron chi connectivity index (χ1n) is 5.57. The Morgan fingerprint density at radius 2 is 2.33 bits per heavy atom. The van der Waals surface area contributed by atoms with Crippen molar-refractivity contribution >= 4 is 5.91 Å². The summed E-state index contributed by atoms with van der Waals surface area (Å²) < 4.78 is 0. The van der Waals surface area contributed by atoms with Gasteiger partial charge in [-0.1, -0.05) is 0 Å². The number of aromatic amines is 2. The number of pyridine rings is 1. The van der Waals surface area contributed by atoms with Crippen molar-refractivity contribution in [3.63, 3.8) is 0 Å². The Balaban J connectivity index is 1.79. The van der Waals surface area contributed by atoms with E-state index >= 15 is 0 Å². The molecule has 0 atom stereocenters. The van der Waals surface area contributed by atoms with Gasteiger partial charge in [0.15, 0.2) is 0 Å². The van der Waals surface area contributed by atoms with Crippen LogP contribution in [0.15, 0.2) is 29.5 Å². The van der Waals surface area contributed by atoms with E-state index in [-0.39, 0.29) is 17.0 Å². The van der Waals surface area contributed by atoms with E-state index in [1.807, 2.05) is 0 Å². The minimum absolute atomic E-state index is 0.122. The molecule has 0 aromatic carbocycles. The maximum absolute atomic E-state index is 11.7. The molecule has 0 aliphatic rings. The van der Waals surface area contributed by atoms with Crippen molar-refractivity contribution < 1.29 is 4.79 Å². The molecule has 2 heterocycles. The van der Waals surface area contributed by atoms with Gasteiger partial charge in [-0.2, -0.15) is 5.10 Å². The number of aryl methyl sites for hydroxylation is 1. The Labute approximate surface area is 103 Å². The smallest absolute Gasteiger partial charge is 0.260 e. The van der Waals surface area contributed by atoms with E-state index in [4.69, 9.17) is 0 Å². The van der Waals surface area contributed by atoms with Crippen molar-refractivity contribution in [3.05, 3.63) is 46.4 Å². The highest BCUT2D eigenvalue weighted by atomic mass is 16.2. The van der Waals surface area contributed by atoms with Crippen LogP contribution in [0.4, 0.5) is 0 Å². The summed E-state index contributed by atoms with van der Waals surface area (Å²) in [6.45, 7) is 0.480. The summed E-state index contributed by atoms with van der Waals surface area (Å²) >= 11 is 0. The molecule has 0 bridgehead atoms. The predicted molar refractivity (Wildman–Crippen MR) is 64.1 cm³/mol. The summed E-state index contributed by atoms with van der Waals surface area (Å²) in [5.74, 6) is 0.413. The summed E-state index contributed by atoms with van der Waals surface area (Å²) in [6.07, 6.45) is 4.36. The maximum Gasteiger partial charge on any atom is 0.260 e. The number of H-pyrrole nitrogens is 2. The number of rotatable bonds is 5. The lowest BCUT2D eigenvalue weighted by Gasteiger charge is -2.03. The largest absolute Gasteiger partial charge is 0.352 e. The fourth-order valence-corrected chi connectivity index (χ4v) is 1.50. The highest BCUT2D eigenvalue weighted by Gasteiger charge is 2.08. The highest BCUT2D eigenvalue weighted by molar-refractivity contribution is 5.93. The minimum atomic E-state index is -0.384. The Morgan fingerprint density at radius 3 is 3.06 bits per heavy atom. The summed E-state index contributed by atoms with van der Waals surface area (Å²) in [4.78, 5) is 29.4. The lowest BCUT2D eigenvalue weighted by atomic mass is 10.2. The van der Waals surface area contributed by atoms with E-state index in [0.29, 0.717) is 13.0 Å². The molecular formula is C11H13N5O2. The van der Waals surface area contributed by atoms with E-state index in [0.717, 1.165) is 12.2 Å². The Morgan fingerprint density at radius 1 is 1.44 bits per heavy atom. The number of nitrogens with one attached hydrogen (secondary N) is 3. The van der Waals surface area contributed by atoms with Gasteiger partial charge in [0, 0.05) is 19.2 Å². The molecule has 2 rings (SSSR count). The first-order valence-corrected chi connectivity index (χ1v) is 5.57. The third-order valence-corrected chi connectivity index (χ3v) is 2.40. The first-order chi connectivity index (χ1) is 8.77. The molecule has 0 saturated carbocycles. The Kier molecular flexibility index (Phi) is 3.85. The molecule has 1 amide bonds. The molecule has 0 fully saturated rings.